The number of nitrogens with zero attached hydrogens (tertiary/aromatic N) is 2. The first-order valence-electron chi connectivity index (χ1n) is 7.11. The first-order valence-corrected chi connectivity index (χ1v) is 7.93. The van der Waals surface area contributed by atoms with Gasteiger partial charge in [0, 0.05) is 43.9 Å². The van der Waals surface area contributed by atoms with Crippen molar-refractivity contribution in [2.45, 2.75) is 39.3 Å². The van der Waals surface area contributed by atoms with Crippen LogP contribution >= 0.6 is 11.3 Å². The van der Waals surface area contributed by atoms with Gasteiger partial charge in [0.1, 0.15) is 0 Å². The molecule has 4 nitrogen and oxygen atoms in total. The van der Waals surface area contributed by atoms with Crippen molar-refractivity contribution in [1.82, 2.24) is 10.3 Å². The molecular formula is C14H25N3OS. The van der Waals surface area contributed by atoms with E-state index in [2.05, 4.69) is 29.0 Å². The average molecular weight is 283 g/mol. The molecule has 2 rings (SSSR count). The predicted molar refractivity (Wildman–Crippen MR) is 80.9 cm³/mol. The molecule has 1 aliphatic carbocycles. The van der Waals surface area contributed by atoms with E-state index in [1.54, 1.807) is 7.11 Å². The first-order chi connectivity index (χ1) is 9.20. The first kappa shape index (κ1) is 14.8. The molecule has 19 heavy (non-hydrogen) atoms. The Balaban J connectivity index is 1.86. The highest BCUT2D eigenvalue weighted by Gasteiger charge is 2.26. The van der Waals surface area contributed by atoms with Gasteiger partial charge in [-0.25, -0.2) is 4.98 Å². The quantitative estimate of drug-likeness (QED) is 0.707. The Kier molecular flexibility index (Phi) is 5.60. The fourth-order valence-electron chi connectivity index (χ4n) is 1.99. The van der Waals surface area contributed by atoms with Crippen molar-refractivity contribution in [2.75, 3.05) is 31.7 Å². The SMILES string of the molecule is COCCNCc1cnc(N(CC2CC2)C(C)C)s1. The molecule has 0 radical (unpaired) electrons. The van der Waals surface area contributed by atoms with Crippen LogP contribution in [-0.2, 0) is 11.3 Å². The lowest BCUT2D eigenvalue weighted by Gasteiger charge is -2.26. The van der Waals surface area contributed by atoms with Gasteiger partial charge in [-0.1, -0.05) is 0 Å². The molecule has 0 aliphatic heterocycles. The maximum Gasteiger partial charge on any atom is 0.185 e. The van der Waals surface area contributed by atoms with E-state index in [1.165, 1.54) is 29.4 Å². The zero-order valence-electron chi connectivity index (χ0n) is 12.2. The highest BCUT2D eigenvalue weighted by molar-refractivity contribution is 7.15. The Morgan fingerprint density at radius 3 is 2.95 bits per heavy atom. The van der Waals surface area contributed by atoms with Gasteiger partial charge in [-0.05, 0) is 32.6 Å². The van der Waals surface area contributed by atoms with Crippen molar-refractivity contribution in [2.24, 2.45) is 5.92 Å². The van der Waals surface area contributed by atoms with Crippen molar-refractivity contribution >= 4 is 16.5 Å². The van der Waals surface area contributed by atoms with E-state index in [1.807, 2.05) is 17.5 Å². The highest BCUT2D eigenvalue weighted by atomic mass is 32.1. The molecule has 0 saturated heterocycles. The van der Waals surface area contributed by atoms with Crippen LogP contribution in [0.15, 0.2) is 6.20 Å². The minimum Gasteiger partial charge on any atom is -0.383 e. The van der Waals surface area contributed by atoms with Crippen LogP contribution in [0.2, 0.25) is 0 Å². The number of rotatable bonds is 9. The Labute approximate surface area is 120 Å². The summed E-state index contributed by atoms with van der Waals surface area (Å²) in [7, 11) is 1.73. The van der Waals surface area contributed by atoms with Crippen LogP contribution in [0.3, 0.4) is 0 Å². The molecule has 1 aromatic rings. The lowest BCUT2D eigenvalue weighted by Crippen LogP contribution is -2.32. The van der Waals surface area contributed by atoms with Crippen molar-refractivity contribution in [3.8, 4) is 0 Å². The van der Waals surface area contributed by atoms with E-state index in [-0.39, 0.29) is 0 Å². The van der Waals surface area contributed by atoms with Gasteiger partial charge in [0.15, 0.2) is 5.13 Å². The van der Waals surface area contributed by atoms with Crippen molar-refractivity contribution in [1.29, 1.82) is 0 Å². The van der Waals surface area contributed by atoms with E-state index in [0.29, 0.717) is 6.04 Å². The third kappa shape index (κ3) is 4.75. The molecule has 0 bridgehead atoms. The third-order valence-electron chi connectivity index (χ3n) is 3.34. The van der Waals surface area contributed by atoms with Crippen LogP contribution in [-0.4, -0.2) is 37.8 Å². The molecule has 1 aromatic heterocycles. The second kappa shape index (κ2) is 7.22. The Morgan fingerprint density at radius 2 is 2.32 bits per heavy atom. The molecule has 0 atom stereocenters. The smallest absolute Gasteiger partial charge is 0.185 e. The van der Waals surface area contributed by atoms with Gasteiger partial charge in [-0.15, -0.1) is 11.3 Å². The highest BCUT2D eigenvalue weighted by Crippen LogP contribution is 2.33. The van der Waals surface area contributed by atoms with E-state index in [4.69, 9.17) is 4.74 Å². The van der Waals surface area contributed by atoms with E-state index >= 15 is 0 Å². The summed E-state index contributed by atoms with van der Waals surface area (Å²) in [6.07, 6.45) is 4.78. The van der Waals surface area contributed by atoms with E-state index in [9.17, 15) is 0 Å². The van der Waals surface area contributed by atoms with Crippen LogP contribution in [0.4, 0.5) is 5.13 Å². The number of ether oxygens (including phenoxy) is 1. The zero-order chi connectivity index (χ0) is 13.7. The summed E-state index contributed by atoms with van der Waals surface area (Å²) in [5, 5.41) is 4.54. The molecule has 1 fully saturated rings. The number of aromatic nitrogens is 1. The fourth-order valence-corrected chi connectivity index (χ4v) is 3.01. The van der Waals surface area contributed by atoms with Crippen LogP contribution in [0.25, 0.3) is 0 Å². The molecule has 1 N–H and O–H groups in total. The predicted octanol–water partition coefficient (Wildman–Crippen LogP) is 2.50. The molecule has 1 aliphatic rings. The minimum absolute atomic E-state index is 0.529. The summed E-state index contributed by atoms with van der Waals surface area (Å²) < 4.78 is 5.02. The summed E-state index contributed by atoms with van der Waals surface area (Å²) in [5.41, 5.74) is 0. The van der Waals surface area contributed by atoms with E-state index < -0.39 is 0 Å². The van der Waals surface area contributed by atoms with Crippen LogP contribution in [0.5, 0.6) is 0 Å². The zero-order valence-corrected chi connectivity index (χ0v) is 13.0. The molecule has 0 spiro atoms. The van der Waals surface area contributed by atoms with Gasteiger partial charge >= 0.3 is 0 Å². The molecule has 108 valence electrons. The second-order valence-electron chi connectivity index (χ2n) is 5.47. The number of nitrogens with one attached hydrogen (secondary N) is 1. The molecule has 0 amide bonds. The maximum absolute atomic E-state index is 5.02. The van der Waals surface area contributed by atoms with Gasteiger partial charge in [-0.2, -0.15) is 0 Å². The van der Waals surface area contributed by atoms with Crippen molar-refractivity contribution < 1.29 is 4.74 Å². The molecule has 0 unspecified atom stereocenters. The number of hydrogen-bond acceptors (Lipinski definition) is 5. The molecule has 5 heteroatoms. The number of methoxy groups -OCH3 is 1. The number of thiazole rings is 1. The summed E-state index contributed by atoms with van der Waals surface area (Å²) in [4.78, 5) is 8.33. The second-order valence-corrected chi connectivity index (χ2v) is 6.56. The largest absolute Gasteiger partial charge is 0.383 e. The number of anilines is 1. The van der Waals surface area contributed by atoms with Gasteiger partial charge in [0.25, 0.3) is 0 Å². The Bertz CT molecular complexity index is 377. The summed E-state index contributed by atoms with van der Waals surface area (Å²) in [6.45, 7) is 8.20. The topological polar surface area (TPSA) is 37.4 Å². The summed E-state index contributed by atoms with van der Waals surface area (Å²) in [6, 6.07) is 0.529. The van der Waals surface area contributed by atoms with Crippen molar-refractivity contribution in [3.63, 3.8) is 0 Å². The normalized spacial score (nSPS) is 15.2. The van der Waals surface area contributed by atoms with Gasteiger partial charge in [0.05, 0.1) is 6.61 Å². The van der Waals surface area contributed by atoms with Gasteiger partial charge < -0.3 is 15.0 Å². The Hall–Kier alpha value is -0.650. The standard InChI is InChI=1S/C14H25N3OS/c1-11(2)17(10-12-4-5-12)14-16-9-13(19-14)8-15-6-7-18-3/h9,11-12,15H,4-8,10H2,1-3H3. The summed E-state index contributed by atoms with van der Waals surface area (Å²) >= 11 is 1.81. The van der Waals surface area contributed by atoms with Crippen LogP contribution in [0, 0.1) is 5.92 Å². The molecule has 1 heterocycles. The van der Waals surface area contributed by atoms with Crippen LogP contribution < -0.4 is 10.2 Å². The monoisotopic (exact) mass is 283 g/mol. The molecular weight excluding hydrogens is 258 g/mol. The van der Waals surface area contributed by atoms with Crippen molar-refractivity contribution in [3.05, 3.63) is 11.1 Å². The Morgan fingerprint density at radius 1 is 1.53 bits per heavy atom. The maximum atomic E-state index is 5.02. The van der Waals surface area contributed by atoms with Gasteiger partial charge in [0.2, 0.25) is 0 Å². The fraction of sp³-hybridized carbons (Fsp3) is 0.786. The van der Waals surface area contributed by atoms with Crippen LogP contribution in [0.1, 0.15) is 31.6 Å². The summed E-state index contributed by atoms with van der Waals surface area (Å²) in [5.74, 6) is 0.898. The lowest BCUT2D eigenvalue weighted by molar-refractivity contribution is 0.199. The molecule has 0 aromatic carbocycles. The lowest BCUT2D eigenvalue weighted by atomic mass is 10.3. The molecule has 1 saturated carbocycles. The number of hydrogen-bond donors (Lipinski definition) is 1. The van der Waals surface area contributed by atoms with E-state index in [0.717, 1.165) is 25.6 Å². The minimum atomic E-state index is 0.529. The average Bonchev–Trinajstić information content (AvgIpc) is 3.09. The third-order valence-corrected chi connectivity index (χ3v) is 4.38. The van der Waals surface area contributed by atoms with Gasteiger partial charge in [-0.3, -0.25) is 0 Å².